The summed E-state index contributed by atoms with van der Waals surface area (Å²) in [5.41, 5.74) is 5.54. The van der Waals surface area contributed by atoms with Crippen LogP contribution in [0.5, 0.6) is 0 Å². The third-order valence-electron chi connectivity index (χ3n) is 2.57. The second-order valence-corrected chi connectivity index (χ2v) is 4.00. The zero-order valence-corrected chi connectivity index (χ0v) is 8.57. The molecule has 2 N–H and O–H groups in total. The standard InChI is InChI=1S/C9H18N2S/c1-2-8(7-9(10)12)11-5-3-4-6-11/h8H,2-7H2,1H3,(H2,10,12). The molecule has 2 nitrogen and oxygen atoms in total. The molecule has 0 aromatic rings. The highest BCUT2D eigenvalue weighted by molar-refractivity contribution is 7.80. The molecule has 3 heteroatoms. The Morgan fingerprint density at radius 3 is 2.50 bits per heavy atom. The lowest BCUT2D eigenvalue weighted by molar-refractivity contribution is 0.242. The van der Waals surface area contributed by atoms with Crippen molar-refractivity contribution in [2.45, 2.75) is 38.6 Å². The zero-order chi connectivity index (χ0) is 8.97. The number of rotatable bonds is 4. The molecular formula is C9H18N2S. The Labute approximate surface area is 80.1 Å². The first-order chi connectivity index (χ1) is 5.74. The van der Waals surface area contributed by atoms with Gasteiger partial charge in [-0.2, -0.15) is 0 Å². The smallest absolute Gasteiger partial charge is 0.0743 e. The van der Waals surface area contributed by atoms with Crippen LogP contribution < -0.4 is 5.73 Å². The maximum absolute atomic E-state index is 5.54. The Morgan fingerprint density at radius 1 is 1.50 bits per heavy atom. The minimum Gasteiger partial charge on any atom is -0.393 e. The van der Waals surface area contributed by atoms with Crippen molar-refractivity contribution < 1.29 is 0 Å². The summed E-state index contributed by atoms with van der Waals surface area (Å²) in [5, 5.41) is 0. The van der Waals surface area contributed by atoms with E-state index in [0.29, 0.717) is 11.0 Å². The molecule has 1 heterocycles. The van der Waals surface area contributed by atoms with Crippen molar-refractivity contribution >= 4 is 17.2 Å². The van der Waals surface area contributed by atoms with Crippen LogP contribution in [0.15, 0.2) is 0 Å². The highest BCUT2D eigenvalue weighted by Gasteiger charge is 2.20. The first-order valence-electron chi connectivity index (χ1n) is 4.76. The monoisotopic (exact) mass is 186 g/mol. The van der Waals surface area contributed by atoms with E-state index in [-0.39, 0.29) is 0 Å². The van der Waals surface area contributed by atoms with Gasteiger partial charge >= 0.3 is 0 Å². The van der Waals surface area contributed by atoms with E-state index in [0.717, 1.165) is 12.8 Å². The van der Waals surface area contributed by atoms with E-state index >= 15 is 0 Å². The lowest BCUT2D eigenvalue weighted by atomic mass is 10.1. The van der Waals surface area contributed by atoms with E-state index in [1.807, 2.05) is 0 Å². The fourth-order valence-corrected chi connectivity index (χ4v) is 2.06. The lowest BCUT2D eigenvalue weighted by Crippen LogP contribution is -2.35. The molecule has 0 aromatic carbocycles. The molecule has 0 aromatic heterocycles. The minimum atomic E-state index is 0.602. The number of hydrogen-bond acceptors (Lipinski definition) is 2. The molecule has 0 spiro atoms. The average molecular weight is 186 g/mol. The maximum atomic E-state index is 5.54. The molecule has 1 atom stereocenters. The molecule has 1 rings (SSSR count). The third-order valence-corrected chi connectivity index (χ3v) is 2.73. The first-order valence-corrected chi connectivity index (χ1v) is 5.17. The van der Waals surface area contributed by atoms with E-state index in [4.69, 9.17) is 18.0 Å². The van der Waals surface area contributed by atoms with Crippen LogP contribution in [0, 0.1) is 0 Å². The van der Waals surface area contributed by atoms with Gasteiger partial charge in [-0.3, -0.25) is 4.90 Å². The molecule has 0 bridgehead atoms. The number of nitrogens with zero attached hydrogens (tertiary/aromatic N) is 1. The Balaban J connectivity index is 2.37. The number of nitrogens with two attached hydrogens (primary N) is 1. The summed E-state index contributed by atoms with van der Waals surface area (Å²) in [6, 6.07) is 0.602. The van der Waals surface area contributed by atoms with Crippen molar-refractivity contribution in [2.75, 3.05) is 13.1 Å². The van der Waals surface area contributed by atoms with Crippen LogP contribution in [0.4, 0.5) is 0 Å². The van der Waals surface area contributed by atoms with Gasteiger partial charge in [0.1, 0.15) is 0 Å². The summed E-state index contributed by atoms with van der Waals surface area (Å²) >= 11 is 4.92. The van der Waals surface area contributed by atoms with Gasteiger partial charge < -0.3 is 5.73 Å². The lowest BCUT2D eigenvalue weighted by Gasteiger charge is -2.25. The van der Waals surface area contributed by atoms with Crippen LogP contribution in [0.1, 0.15) is 32.6 Å². The molecule has 1 saturated heterocycles. The van der Waals surface area contributed by atoms with Crippen LogP contribution in [-0.2, 0) is 0 Å². The largest absolute Gasteiger partial charge is 0.393 e. The Kier molecular flexibility index (Phi) is 3.95. The summed E-state index contributed by atoms with van der Waals surface area (Å²) in [5.74, 6) is 0. The number of likely N-dealkylation sites (tertiary alicyclic amines) is 1. The quantitative estimate of drug-likeness (QED) is 0.675. The SMILES string of the molecule is CCC(CC(N)=S)N1CCCC1. The number of thiocarbonyl (C=S) groups is 1. The van der Waals surface area contributed by atoms with Crippen molar-refractivity contribution in [2.24, 2.45) is 5.73 Å². The highest BCUT2D eigenvalue weighted by Crippen LogP contribution is 2.16. The van der Waals surface area contributed by atoms with Crippen LogP contribution in [0.3, 0.4) is 0 Å². The predicted octanol–water partition coefficient (Wildman–Crippen LogP) is 1.54. The molecule has 0 radical (unpaired) electrons. The zero-order valence-electron chi connectivity index (χ0n) is 7.75. The van der Waals surface area contributed by atoms with Gasteiger partial charge in [-0.25, -0.2) is 0 Å². The molecular weight excluding hydrogens is 168 g/mol. The fourth-order valence-electron chi connectivity index (χ4n) is 1.87. The fraction of sp³-hybridized carbons (Fsp3) is 0.889. The third kappa shape index (κ3) is 2.72. The van der Waals surface area contributed by atoms with Crippen molar-refractivity contribution in [1.29, 1.82) is 0 Å². The Bertz CT molecular complexity index is 153. The van der Waals surface area contributed by atoms with Gasteiger partial charge in [0.05, 0.1) is 4.99 Å². The molecule has 1 aliphatic rings. The van der Waals surface area contributed by atoms with Crippen LogP contribution in [0.25, 0.3) is 0 Å². The second-order valence-electron chi connectivity index (χ2n) is 3.48. The summed E-state index contributed by atoms with van der Waals surface area (Å²) in [7, 11) is 0. The molecule has 12 heavy (non-hydrogen) atoms. The molecule has 0 aliphatic carbocycles. The number of hydrogen-bond donors (Lipinski definition) is 1. The first kappa shape index (κ1) is 9.93. The molecule has 1 unspecified atom stereocenters. The van der Waals surface area contributed by atoms with Gasteiger partial charge in [-0.1, -0.05) is 19.1 Å². The van der Waals surface area contributed by atoms with Gasteiger partial charge in [-0.05, 0) is 32.4 Å². The van der Waals surface area contributed by atoms with E-state index < -0.39 is 0 Å². The van der Waals surface area contributed by atoms with Crippen molar-refractivity contribution in [3.8, 4) is 0 Å². The average Bonchev–Trinajstić information content (AvgIpc) is 2.51. The molecule has 70 valence electrons. The van der Waals surface area contributed by atoms with Gasteiger partial charge in [0.25, 0.3) is 0 Å². The summed E-state index contributed by atoms with van der Waals surface area (Å²) in [4.78, 5) is 3.17. The minimum absolute atomic E-state index is 0.602. The van der Waals surface area contributed by atoms with Crippen LogP contribution >= 0.6 is 12.2 Å². The molecule has 0 amide bonds. The topological polar surface area (TPSA) is 29.3 Å². The van der Waals surface area contributed by atoms with E-state index in [1.54, 1.807) is 0 Å². The molecule has 0 saturated carbocycles. The second kappa shape index (κ2) is 4.77. The normalized spacial score (nSPS) is 21.1. The van der Waals surface area contributed by atoms with Crippen LogP contribution in [-0.4, -0.2) is 29.0 Å². The van der Waals surface area contributed by atoms with Gasteiger partial charge in [-0.15, -0.1) is 0 Å². The Morgan fingerprint density at radius 2 is 2.08 bits per heavy atom. The van der Waals surface area contributed by atoms with Crippen molar-refractivity contribution in [1.82, 2.24) is 4.90 Å². The van der Waals surface area contributed by atoms with E-state index in [1.165, 1.54) is 25.9 Å². The predicted molar refractivity (Wildman–Crippen MR) is 56.3 cm³/mol. The summed E-state index contributed by atoms with van der Waals surface area (Å²) in [6.45, 7) is 4.68. The molecule has 1 fully saturated rings. The van der Waals surface area contributed by atoms with Gasteiger partial charge in [0.15, 0.2) is 0 Å². The van der Waals surface area contributed by atoms with Crippen molar-refractivity contribution in [3.05, 3.63) is 0 Å². The Hall–Kier alpha value is -0.150. The van der Waals surface area contributed by atoms with Gasteiger partial charge in [0.2, 0.25) is 0 Å². The van der Waals surface area contributed by atoms with Crippen LogP contribution in [0.2, 0.25) is 0 Å². The van der Waals surface area contributed by atoms with Crippen molar-refractivity contribution in [3.63, 3.8) is 0 Å². The van der Waals surface area contributed by atoms with Gasteiger partial charge in [0, 0.05) is 12.5 Å². The summed E-state index contributed by atoms with van der Waals surface area (Å²) in [6.07, 6.45) is 4.74. The van der Waals surface area contributed by atoms with E-state index in [9.17, 15) is 0 Å². The maximum Gasteiger partial charge on any atom is 0.0743 e. The highest BCUT2D eigenvalue weighted by atomic mass is 32.1. The van der Waals surface area contributed by atoms with E-state index in [2.05, 4.69) is 11.8 Å². The summed E-state index contributed by atoms with van der Waals surface area (Å²) < 4.78 is 0. The molecule has 1 aliphatic heterocycles.